The van der Waals surface area contributed by atoms with Gasteiger partial charge in [0.2, 0.25) is 5.91 Å². The Bertz CT molecular complexity index is 900. The van der Waals surface area contributed by atoms with Crippen LogP contribution < -0.4 is 10.6 Å². The van der Waals surface area contributed by atoms with E-state index in [1.165, 1.54) is 43.0 Å². The molecule has 0 bridgehead atoms. The molecule has 0 saturated heterocycles. The lowest BCUT2D eigenvalue weighted by molar-refractivity contribution is -0.129. The summed E-state index contributed by atoms with van der Waals surface area (Å²) in [6.45, 7) is 1.53. The van der Waals surface area contributed by atoms with Crippen molar-refractivity contribution in [2.45, 2.75) is 36.8 Å². The second-order valence-corrected chi connectivity index (χ2v) is 7.69. The zero-order chi connectivity index (χ0) is 20.8. The van der Waals surface area contributed by atoms with Gasteiger partial charge in [-0.05, 0) is 56.2 Å². The summed E-state index contributed by atoms with van der Waals surface area (Å²) in [4.78, 5) is 37.2. The molecule has 0 heterocycles. The molecule has 152 valence electrons. The Kier molecular flexibility index (Phi) is 6.87. The molecule has 2 aromatic rings. The van der Waals surface area contributed by atoms with E-state index < -0.39 is 12.1 Å². The summed E-state index contributed by atoms with van der Waals surface area (Å²) in [5.41, 5.74) is 0.776. The van der Waals surface area contributed by atoms with E-state index >= 15 is 0 Å². The predicted octanol–water partition coefficient (Wildman–Crippen LogP) is 3.38. The van der Waals surface area contributed by atoms with E-state index in [0.717, 1.165) is 12.8 Å². The minimum atomic E-state index is -0.900. The van der Waals surface area contributed by atoms with Gasteiger partial charge in [-0.3, -0.25) is 9.59 Å². The largest absolute Gasteiger partial charge is 0.449 e. The summed E-state index contributed by atoms with van der Waals surface area (Å²) in [6, 6.07) is 12.4. The fraction of sp³-hybridized carbons (Fsp3) is 0.286. The van der Waals surface area contributed by atoms with Gasteiger partial charge in [0.15, 0.2) is 6.10 Å². The molecule has 0 aliphatic heterocycles. The lowest BCUT2D eigenvalue weighted by Gasteiger charge is -2.14. The molecule has 2 amide bonds. The van der Waals surface area contributed by atoms with Crippen molar-refractivity contribution in [1.29, 1.82) is 0 Å². The number of esters is 1. The first-order valence-electron chi connectivity index (χ1n) is 9.21. The molecule has 6 nitrogen and oxygen atoms in total. The van der Waals surface area contributed by atoms with Crippen molar-refractivity contribution in [3.05, 3.63) is 59.9 Å². The van der Waals surface area contributed by atoms with Gasteiger partial charge in [-0.1, -0.05) is 12.1 Å². The predicted molar refractivity (Wildman–Crippen MR) is 108 cm³/mol. The zero-order valence-corrected chi connectivity index (χ0v) is 16.6. The number of hydrogen-bond donors (Lipinski definition) is 2. The molecule has 1 unspecified atom stereocenters. The Morgan fingerprint density at radius 3 is 2.52 bits per heavy atom. The zero-order valence-electron chi connectivity index (χ0n) is 15.8. The summed E-state index contributed by atoms with van der Waals surface area (Å²) in [5, 5.41) is 5.46. The lowest BCUT2D eigenvalue weighted by atomic mass is 10.2. The molecule has 0 radical (unpaired) electrons. The Labute approximate surface area is 172 Å². The van der Waals surface area contributed by atoms with Crippen LogP contribution in [-0.2, 0) is 14.3 Å². The van der Waals surface area contributed by atoms with Crippen molar-refractivity contribution in [1.82, 2.24) is 5.32 Å². The third-order valence-electron chi connectivity index (χ3n) is 4.17. The number of carbonyl (C=O) groups excluding carboxylic acids is 3. The van der Waals surface area contributed by atoms with E-state index in [-0.39, 0.29) is 35.0 Å². The highest BCUT2D eigenvalue weighted by molar-refractivity contribution is 8.00. The molecular formula is C21H21FN2O4S. The fourth-order valence-electron chi connectivity index (χ4n) is 2.46. The first-order chi connectivity index (χ1) is 13.9. The first kappa shape index (κ1) is 20.9. The van der Waals surface area contributed by atoms with Crippen molar-refractivity contribution in [3.63, 3.8) is 0 Å². The highest BCUT2D eigenvalue weighted by Crippen LogP contribution is 2.24. The average molecular weight is 416 g/mol. The lowest BCUT2D eigenvalue weighted by Crippen LogP contribution is -2.37. The van der Waals surface area contributed by atoms with Crippen LogP contribution in [0.15, 0.2) is 53.4 Å². The number of halogens is 1. The van der Waals surface area contributed by atoms with Crippen LogP contribution in [-0.4, -0.2) is 35.7 Å². The third kappa shape index (κ3) is 6.32. The molecular weight excluding hydrogens is 395 g/mol. The summed E-state index contributed by atoms with van der Waals surface area (Å²) in [5.74, 6) is -1.55. The van der Waals surface area contributed by atoms with Crippen molar-refractivity contribution in [2.24, 2.45) is 0 Å². The van der Waals surface area contributed by atoms with E-state index in [0.29, 0.717) is 10.6 Å². The van der Waals surface area contributed by atoms with E-state index in [4.69, 9.17) is 4.74 Å². The van der Waals surface area contributed by atoms with Crippen LogP contribution in [0.1, 0.15) is 30.1 Å². The van der Waals surface area contributed by atoms with Crippen LogP contribution in [0.5, 0.6) is 0 Å². The van der Waals surface area contributed by atoms with E-state index in [9.17, 15) is 18.8 Å². The Morgan fingerprint density at radius 1 is 1.14 bits per heavy atom. The standard InChI is InChI=1S/C21H21FN2O4S/c1-13(20(26)24-16-10-11-16)28-21(27)17-4-2-3-5-18(17)29-12-19(25)23-15-8-6-14(22)7-9-15/h2-9,13,16H,10-12H2,1H3,(H,23,25)(H,24,26). The highest BCUT2D eigenvalue weighted by Gasteiger charge is 2.27. The average Bonchev–Trinajstić information content (AvgIpc) is 3.52. The Balaban J connectivity index is 1.56. The van der Waals surface area contributed by atoms with Gasteiger partial charge in [0, 0.05) is 16.6 Å². The number of carbonyl (C=O) groups is 3. The number of nitrogens with one attached hydrogen (secondary N) is 2. The maximum Gasteiger partial charge on any atom is 0.340 e. The minimum Gasteiger partial charge on any atom is -0.449 e. The van der Waals surface area contributed by atoms with Crippen LogP contribution in [0.4, 0.5) is 10.1 Å². The van der Waals surface area contributed by atoms with Gasteiger partial charge < -0.3 is 15.4 Å². The quantitative estimate of drug-likeness (QED) is 0.509. The maximum atomic E-state index is 12.9. The molecule has 1 aliphatic carbocycles. The molecule has 29 heavy (non-hydrogen) atoms. The fourth-order valence-corrected chi connectivity index (χ4v) is 3.30. The number of ether oxygens (including phenoxy) is 1. The summed E-state index contributed by atoms with van der Waals surface area (Å²) < 4.78 is 18.2. The monoisotopic (exact) mass is 416 g/mol. The minimum absolute atomic E-state index is 0.0549. The molecule has 0 spiro atoms. The molecule has 1 aliphatic rings. The normalized spacial score (nSPS) is 14.0. The van der Waals surface area contributed by atoms with Crippen molar-refractivity contribution in [3.8, 4) is 0 Å². The van der Waals surface area contributed by atoms with Gasteiger partial charge in [0.25, 0.3) is 5.91 Å². The van der Waals surface area contributed by atoms with Crippen LogP contribution in [0.2, 0.25) is 0 Å². The number of rotatable bonds is 8. The molecule has 0 aromatic heterocycles. The first-order valence-corrected chi connectivity index (χ1v) is 10.2. The van der Waals surface area contributed by atoms with Gasteiger partial charge in [-0.2, -0.15) is 0 Å². The Morgan fingerprint density at radius 2 is 1.83 bits per heavy atom. The van der Waals surface area contributed by atoms with Gasteiger partial charge >= 0.3 is 5.97 Å². The summed E-state index contributed by atoms with van der Waals surface area (Å²) in [6.07, 6.45) is 1.00. The molecule has 1 atom stereocenters. The van der Waals surface area contributed by atoms with Crippen molar-refractivity contribution in [2.75, 3.05) is 11.1 Å². The SMILES string of the molecule is CC(OC(=O)c1ccccc1SCC(=O)Nc1ccc(F)cc1)C(=O)NC1CC1. The highest BCUT2D eigenvalue weighted by atomic mass is 32.2. The number of thioether (sulfide) groups is 1. The van der Waals surface area contributed by atoms with E-state index in [2.05, 4.69) is 10.6 Å². The number of anilines is 1. The second-order valence-electron chi connectivity index (χ2n) is 6.67. The summed E-state index contributed by atoms with van der Waals surface area (Å²) in [7, 11) is 0. The molecule has 2 N–H and O–H groups in total. The number of hydrogen-bond acceptors (Lipinski definition) is 5. The van der Waals surface area contributed by atoms with Gasteiger partial charge in [-0.15, -0.1) is 11.8 Å². The third-order valence-corrected chi connectivity index (χ3v) is 5.24. The molecule has 3 rings (SSSR count). The van der Waals surface area contributed by atoms with Gasteiger partial charge in [0.05, 0.1) is 11.3 Å². The van der Waals surface area contributed by atoms with E-state index in [1.54, 1.807) is 24.3 Å². The molecule has 2 aromatic carbocycles. The van der Waals surface area contributed by atoms with Gasteiger partial charge in [0.1, 0.15) is 5.82 Å². The molecule has 8 heteroatoms. The van der Waals surface area contributed by atoms with Crippen LogP contribution in [0.25, 0.3) is 0 Å². The van der Waals surface area contributed by atoms with E-state index in [1.807, 2.05) is 0 Å². The number of amides is 2. The van der Waals surface area contributed by atoms with Crippen molar-refractivity contribution < 1.29 is 23.5 Å². The smallest absolute Gasteiger partial charge is 0.340 e. The second kappa shape index (κ2) is 9.56. The van der Waals surface area contributed by atoms with Crippen molar-refractivity contribution >= 4 is 35.2 Å². The van der Waals surface area contributed by atoms with Crippen LogP contribution in [0.3, 0.4) is 0 Å². The molecule has 1 saturated carbocycles. The Hall–Kier alpha value is -2.87. The molecule has 1 fully saturated rings. The van der Waals surface area contributed by atoms with Gasteiger partial charge in [-0.25, -0.2) is 9.18 Å². The topological polar surface area (TPSA) is 84.5 Å². The van der Waals surface area contributed by atoms with Crippen LogP contribution in [0, 0.1) is 5.82 Å². The summed E-state index contributed by atoms with van der Waals surface area (Å²) >= 11 is 1.17. The maximum absolute atomic E-state index is 12.9. The number of benzene rings is 2. The van der Waals surface area contributed by atoms with Crippen LogP contribution >= 0.6 is 11.8 Å².